The molecule has 1 fully saturated rings. The van der Waals surface area contributed by atoms with Gasteiger partial charge in [0, 0.05) is 43.0 Å². The van der Waals surface area contributed by atoms with Crippen LogP contribution in [0.15, 0.2) is 71.8 Å². The summed E-state index contributed by atoms with van der Waals surface area (Å²) in [5.74, 6) is 0.00604. The highest BCUT2D eigenvalue weighted by molar-refractivity contribution is 6.02. The van der Waals surface area contributed by atoms with Gasteiger partial charge in [-0.25, -0.2) is 0 Å². The van der Waals surface area contributed by atoms with Crippen molar-refractivity contribution in [2.24, 2.45) is 7.05 Å². The standard InChI is InChI=1S/C26H28N4O3/c1-28(2)16-24-25(21-14-27-29(3)15-21)30(10-12-33-24)26(31)19-7-8-23-18(13-19)5-4-6-22(23)20-9-11-32-17-20/h4-9,11,13-15,17,24-25H,10,12,16H2,1-3H3/t24-,25-/m0/s1. The lowest BCUT2D eigenvalue weighted by molar-refractivity contribution is -0.0684. The number of benzene rings is 2. The quantitative estimate of drug-likeness (QED) is 0.466. The predicted octanol–water partition coefficient (Wildman–Crippen LogP) is 3.98. The minimum Gasteiger partial charge on any atom is -0.472 e. The van der Waals surface area contributed by atoms with Crippen molar-refractivity contribution in [1.29, 1.82) is 0 Å². The number of morpholine rings is 1. The number of hydrogen-bond acceptors (Lipinski definition) is 5. The Morgan fingerprint density at radius 1 is 1.21 bits per heavy atom. The number of amides is 1. The average molecular weight is 445 g/mol. The number of carbonyl (C=O) groups is 1. The van der Waals surface area contributed by atoms with Gasteiger partial charge in [0.1, 0.15) is 0 Å². The van der Waals surface area contributed by atoms with Crippen LogP contribution in [0.5, 0.6) is 0 Å². The highest BCUT2D eigenvalue weighted by Gasteiger charge is 2.37. The zero-order valence-electron chi connectivity index (χ0n) is 19.1. The first-order chi connectivity index (χ1) is 16.0. The predicted molar refractivity (Wildman–Crippen MR) is 127 cm³/mol. The molecule has 1 amide bonds. The molecule has 1 saturated heterocycles. The van der Waals surface area contributed by atoms with Gasteiger partial charge in [0.2, 0.25) is 0 Å². The molecule has 0 unspecified atom stereocenters. The van der Waals surface area contributed by atoms with Crippen LogP contribution in [-0.4, -0.2) is 65.4 Å². The Balaban J connectivity index is 1.51. The molecule has 1 aliphatic rings. The van der Waals surface area contributed by atoms with Crippen LogP contribution < -0.4 is 0 Å². The minimum atomic E-state index is -0.199. The number of fused-ring (bicyclic) bond motifs is 1. The van der Waals surface area contributed by atoms with Gasteiger partial charge < -0.3 is 19.0 Å². The first kappa shape index (κ1) is 21.4. The van der Waals surface area contributed by atoms with Crippen LogP contribution in [0.25, 0.3) is 21.9 Å². The third-order valence-corrected chi connectivity index (χ3v) is 6.18. The number of ether oxygens (including phenoxy) is 1. The van der Waals surface area contributed by atoms with E-state index in [-0.39, 0.29) is 18.1 Å². The van der Waals surface area contributed by atoms with E-state index in [0.717, 1.165) is 34.0 Å². The monoisotopic (exact) mass is 444 g/mol. The number of carbonyl (C=O) groups excluding carboxylic acids is 1. The summed E-state index contributed by atoms with van der Waals surface area (Å²) in [5, 5.41) is 6.46. The summed E-state index contributed by atoms with van der Waals surface area (Å²) < 4.78 is 13.2. The maximum atomic E-state index is 13.8. The van der Waals surface area contributed by atoms with Crippen LogP contribution in [0.3, 0.4) is 0 Å². The average Bonchev–Trinajstić information content (AvgIpc) is 3.49. The van der Waals surface area contributed by atoms with Crippen molar-refractivity contribution in [3.63, 3.8) is 0 Å². The van der Waals surface area contributed by atoms with Gasteiger partial charge in [0.25, 0.3) is 5.91 Å². The molecule has 0 spiro atoms. The van der Waals surface area contributed by atoms with Crippen molar-refractivity contribution in [3.8, 4) is 11.1 Å². The normalized spacial score (nSPS) is 18.8. The zero-order chi connectivity index (χ0) is 22.9. The molecule has 170 valence electrons. The Morgan fingerprint density at radius 3 is 2.82 bits per heavy atom. The molecule has 7 nitrogen and oxygen atoms in total. The first-order valence-corrected chi connectivity index (χ1v) is 11.1. The summed E-state index contributed by atoms with van der Waals surface area (Å²) in [5.41, 5.74) is 3.77. The number of hydrogen-bond donors (Lipinski definition) is 0. The Morgan fingerprint density at radius 2 is 2.09 bits per heavy atom. The van der Waals surface area contributed by atoms with Gasteiger partial charge in [-0.15, -0.1) is 0 Å². The first-order valence-electron chi connectivity index (χ1n) is 11.1. The third-order valence-electron chi connectivity index (χ3n) is 6.18. The molecule has 5 rings (SSSR count). The van der Waals surface area contributed by atoms with Crippen LogP contribution in [0.2, 0.25) is 0 Å². The number of nitrogens with zero attached hydrogens (tertiary/aromatic N) is 4. The highest BCUT2D eigenvalue weighted by Crippen LogP contribution is 2.33. The summed E-state index contributed by atoms with van der Waals surface area (Å²) in [7, 11) is 5.93. The van der Waals surface area contributed by atoms with Crippen LogP contribution in [0.1, 0.15) is 22.0 Å². The Hall–Kier alpha value is -3.42. The van der Waals surface area contributed by atoms with E-state index < -0.39 is 0 Å². The molecule has 0 bridgehead atoms. The van der Waals surface area contributed by atoms with E-state index in [1.54, 1.807) is 17.2 Å². The van der Waals surface area contributed by atoms with Crippen LogP contribution in [0, 0.1) is 0 Å². The zero-order valence-corrected chi connectivity index (χ0v) is 19.1. The van der Waals surface area contributed by atoms with Crippen molar-refractivity contribution in [1.82, 2.24) is 19.6 Å². The van der Waals surface area contributed by atoms with Gasteiger partial charge in [0.15, 0.2) is 0 Å². The number of rotatable bonds is 5. The highest BCUT2D eigenvalue weighted by atomic mass is 16.5. The summed E-state index contributed by atoms with van der Waals surface area (Å²) >= 11 is 0. The fourth-order valence-corrected chi connectivity index (χ4v) is 4.71. The number of likely N-dealkylation sites (N-methyl/N-ethyl adjacent to an activating group) is 1. The van der Waals surface area contributed by atoms with E-state index in [4.69, 9.17) is 9.15 Å². The summed E-state index contributed by atoms with van der Waals surface area (Å²) in [6.45, 7) is 1.77. The van der Waals surface area contributed by atoms with Crippen molar-refractivity contribution in [2.45, 2.75) is 12.1 Å². The molecule has 2 aromatic carbocycles. The molecule has 1 aliphatic heterocycles. The van der Waals surface area contributed by atoms with Gasteiger partial charge in [-0.05, 0) is 48.6 Å². The Bertz CT molecular complexity index is 1260. The van der Waals surface area contributed by atoms with Crippen LogP contribution in [0.4, 0.5) is 0 Å². The fourth-order valence-electron chi connectivity index (χ4n) is 4.71. The Kier molecular flexibility index (Phi) is 5.74. The van der Waals surface area contributed by atoms with E-state index >= 15 is 0 Å². The van der Waals surface area contributed by atoms with Gasteiger partial charge in [-0.3, -0.25) is 9.48 Å². The Labute approximate surface area is 193 Å². The van der Waals surface area contributed by atoms with Crippen LogP contribution >= 0.6 is 0 Å². The van der Waals surface area contributed by atoms with Crippen molar-refractivity contribution < 1.29 is 13.9 Å². The minimum absolute atomic E-state index is 0.00604. The molecule has 0 N–H and O–H groups in total. The SMILES string of the molecule is CN(C)C[C@@H]1OCCN(C(=O)c2ccc3c(-c4ccoc4)cccc3c2)[C@H]1c1cnn(C)c1. The third kappa shape index (κ3) is 4.17. The summed E-state index contributed by atoms with van der Waals surface area (Å²) in [4.78, 5) is 17.8. The van der Waals surface area contributed by atoms with Gasteiger partial charge >= 0.3 is 0 Å². The fraction of sp³-hybridized carbons (Fsp3) is 0.308. The number of aryl methyl sites for hydroxylation is 1. The number of aromatic nitrogens is 2. The second-order valence-corrected chi connectivity index (χ2v) is 8.82. The van der Waals surface area contributed by atoms with E-state index in [2.05, 4.69) is 16.1 Å². The van der Waals surface area contributed by atoms with E-state index in [1.165, 1.54) is 0 Å². The van der Waals surface area contributed by atoms with E-state index in [9.17, 15) is 4.79 Å². The topological polar surface area (TPSA) is 63.7 Å². The van der Waals surface area contributed by atoms with Gasteiger partial charge in [-0.1, -0.05) is 24.3 Å². The molecule has 33 heavy (non-hydrogen) atoms. The molecule has 3 heterocycles. The summed E-state index contributed by atoms with van der Waals surface area (Å²) in [6.07, 6.45) is 7.09. The lowest BCUT2D eigenvalue weighted by atomic mass is 9.96. The molecule has 0 radical (unpaired) electrons. The van der Waals surface area contributed by atoms with Crippen molar-refractivity contribution in [3.05, 3.63) is 78.5 Å². The molecule has 0 saturated carbocycles. The molecule has 0 aliphatic carbocycles. The largest absolute Gasteiger partial charge is 0.472 e. The van der Waals surface area contributed by atoms with Crippen LogP contribution in [-0.2, 0) is 11.8 Å². The second kappa shape index (κ2) is 8.84. The molecule has 2 aromatic heterocycles. The van der Waals surface area contributed by atoms with Gasteiger partial charge in [-0.2, -0.15) is 5.10 Å². The molecular formula is C26H28N4O3. The molecule has 7 heteroatoms. The van der Waals surface area contributed by atoms with E-state index in [0.29, 0.717) is 18.7 Å². The lowest BCUT2D eigenvalue weighted by Crippen LogP contribution is -2.51. The maximum absolute atomic E-state index is 13.8. The van der Waals surface area contributed by atoms with E-state index in [1.807, 2.05) is 74.8 Å². The lowest BCUT2D eigenvalue weighted by Gasteiger charge is -2.41. The smallest absolute Gasteiger partial charge is 0.254 e. The maximum Gasteiger partial charge on any atom is 0.254 e. The second-order valence-electron chi connectivity index (χ2n) is 8.82. The van der Waals surface area contributed by atoms with Gasteiger partial charge in [0.05, 0.1) is 37.5 Å². The molecule has 4 aromatic rings. The molecule has 2 atom stereocenters. The van der Waals surface area contributed by atoms with Crippen molar-refractivity contribution in [2.75, 3.05) is 33.8 Å². The number of furan rings is 1. The molecular weight excluding hydrogens is 416 g/mol. The van der Waals surface area contributed by atoms with Crippen molar-refractivity contribution >= 4 is 16.7 Å². The summed E-state index contributed by atoms with van der Waals surface area (Å²) in [6, 6.07) is 13.8.